The number of hydrogen-bond acceptors (Lipinski definition) is 1. The van der Waals surface area contributed by atoms with E-state index in [0.29, 0.717) is 5.56 Å². The normalized spacial score (nSPS) is 14.8. The van der Waals surface area contributed by atoms with Gasteiger partial charge in [0.2, 0.25) is 0 Å². The zero-order valence-corrected chi connectivity index (χ0v) is 11.6. The molecule has 0 radical (unpaired) electrons. The van der Waals surface area contributed by atoms with E-state index in [1.165, 1.54) is 12.1 Å². The van der Waals surface area contributed by atoms with E-state index in [9.17, 15) is 26.3 Å². The minimum absolute atomic E-state index is 0.228. The average Bonchev–Trinajstić information content (AvgIpc) is 2.25. The minimum atomic E-state index is -5.41. The molecular weight excluding hydrogens is 296 g/mol. The highest BCUT2D eigenvalue weighted by molar-refractivity contribution is 5.25. The first kappa shape index (κ1) is 17.8. The van der Waals surface area contributed by atoms with Gasteiger partial charge in [0.15, 0.2) is 5.92 Å². The Bertz CT molecular complexity index is 432. The molecule has 1 aromatic rings. The average molecular weight is 313 g/mol. The molecule has 0 aliphatic heterocycles. The molecule has 120 valence electrons. The van der Waals surface area contributed by atoms with E-state index in [4.69, 9.17) is 5.73 Å². The van der Waals surface area contributed by atoms with Crippen LogP contribution in [0.3, 0.4) is 0 Å². The van der Waals surface area contributed by atoms with Crippen molar-refractivity contribution in [3.63, 3.8) is 0 Å². The zero-order chi connectivity index (χ0) is 16.4. The summed E-state index contributed by atoms with van der Waals surface area (Å²) < 4.78 is 75.2. The van der Waals surface area contributed by atoms with Crippen LogP contribution in [0.2, 0.25) is 0 Å². The third-order valence-corrected chi connectivity index (χ3v) is 3.25. The van der Waals surface area contributed by atoms with Crippen LogP contribution in [0.4, 0.5) is 26.3 Å². The minimum Gasteiger partial charge on any atom is -0.327 e. The molecule has 0 bridgehead atoms. The highest BCUT2D eigenvalue weighted by atomic mass is 19.4. The summed E-state index contributed by atoms with van der Waals surface area (Å²) in [6, 6.07) is 4.33. The van der Waals surface area contributed by atoms with Crippen LogP contribution in [0.25, 0.3) is 0 Å². The van der Waals surface area contributed by atoms with Crippen molar-refractivity contribution < 1.29 is 26.3 Å². The van der Waals surface area contributed by atoms with Gasteiger partial charge in [0.1, 0.15) is 0 Å². The Hall–Kier alpha value is -1.24. The van der Waals surface area contributed by atoms with Gasteiger partial charge >= 0.3 is 12.4 Å². The summed E-state index contributed by atoms with van der Waals surface area (Å²) in [7, 11) is 0. The third-order valence-electron chi connectivity index (χ3n) is 3.25. The fourth-order valence-corrected chi connectivity index (χ4v) is 2.10. The van der Waals surface area contributed by atoms with Gasteiger partial charge in [0.05, 0.1) is 0 Å². The molecule has 7 heteroatoms. The van der Waals surface area contributed by atoms with Crippen LogP contribution in [-0.4, -0.2) is 18.4 Å². The van der Waals surface area contributed by atoms with Gasteiger partial charge in [-0.05, 0) is 23.5 Å². The number of alkyl halides is 6. The maximum Gasteiger partial charge on any atom is 0.402 e. The lowest BCUT2D eigenvalue weighted by Gasteiger charge is -2.28. The van der Waals surface area contributed by atoms with Gasteiger partial charge in [0.25, 0.3) is 0 Å². The second kappa shape index (κ2) is 6.25. The van der Waals surface area contributed by atoms with Crippen LogP contribution in [-0.2, 0) is 6.42 Å². The molecule has 0 spiro atoms. The maximum absolute atomic E-state index is 12.5. The molecule has 0 amide bonds. The Labute approximate surface area is 119 Å². The molecule has 1 nitrogen and oxygen atoms in total. The molecule has 0 saturated carbocycles. The Morgan fingerprint density at radius 3 is 1.67 bits per heavy atom. The van der Waals surface area contributed by atoms with Gasteiger partial charge in [-0.3, -0.25) is 0 Å². The molecule has 0 aromatic heterocycles. The molecule has 2 N–H and O–H groups in total. The third kappa shape index (κ3) is 4.91. The quantitative estimate of drug-likeness (QED) is 0.818. The molecule has 1 atom stereocenters. The van der Waals surface area contributed by atoms with Crippen molar-refractivity contribution in [1.29, 1.82) is 0 Å². The number of benzene rings is 1. The van der Waals surface area contributed by atoms with E-state index in [0.717, 1.165) is 5.56 Å². The standard InChI is InChI=1S/C14H17F6N/c1-8(2)10-5-3-9(4-6-10)7-11(21)12(13(15,16)17)14(18,19)20/h3-6,8,11-12H,7,21H2,1-2H3. The smallest absolute Gasteiger partial charge is 0.327 e. The van der Waals surface area contributed by atoms with Crippen molar-refractivity contribution in [1.82, 2.24) is 0 Å². The number of hydrogen-bond donors (Lipinski definition) is 1. The van der Waals surface area contributed by atoms with Crippen molar-refractivity contribution in [2.24, 2.45) is 11.7 Å². The van der Waals surface area contributed by atoms with Crippen LogP contribution in [0.5, 0.6) is 0 Å². The van der Waals surface area contributed by atoms with E-state index in [1.807, 2.05) is 13.8 Å². The van der Waals surface area contributed by atoms with Gasteiger partial charge in [-0.25, -0.2) is 0 Å². The van der Waals surface area contributed by atoms with Gasteiger partial charge in [-0.15, -0.1) is 0 Å². The largest absolute Gasteiger partial charge is 0.402 e. The second-order valence-corrected chi connectivity index (χ2v) is 5.33. The molecular formula is C14H17F6N. The van der Waals surface area contributed by atoms with Crippen LogP contribution in [0.15, 0.2) is 24.3 Å². The molecule has 1 unspecified atom stereocenters. The summed E-state index contributed by atoms with van der Waals surface area (Å²) in [5.74, 6) is -3.29. The van der Waals surface area contributed by atoms with Crippen molar-refractivity contribution >= 4 is 0 Å². The summed E-state index contributed by atoms with van der Waals surface area (Å²) in [6.07, 6.45) is -11.3. The van der Waals surface area contributed by atoms with Crippen molar-refractivity contribution in [2.45, 2.75) is 44.6 Å². The second-order valence-electron chi connectivity index (χ2n) is 5.33. The summed E-state index contributed by atoms with van der Waals surface area (Å²) in [5, 5.41) is 0. The number of nitrogens with two attached hydrogens (primary N) is 1. The first-order valence-electron chi connectivity index (χ1n) is 6.40. The van der Waals surface area contributed by atoms with E-state index >= 15 is 0 Å². The summed E-state index contributed by atoms with van der Waals surface area (Å²) in [6.45, 7) is 3.87. The molecule has 0 saturated heterocycles. The monoisotopic (exact) mass is 313 g/mol. The van der Waals surface area contributed by atoms with Crippen LogP contribution >= 0.6 is 0 Å². The van der Waals surface area contributed by atoms with Gasteiger partial charge < -0.3 is 5.73 Å². The van der Waals surface area contributed by atoms with E-state index in [-0.39, 0.29) is 5.92 Å². The SMILES string of the molecule is CC(C)c1ccc(CC(N)C(C(F)(F)F)C(F)(F)F)cc1. The van der Waals surface area contributed by atoms with Crippen LogP contribution in [0, 0.1) is 5.92 Å². The summed E-state index contributed by atoms with van der Waals surface area (Å²) >= 11 is 0. The Kier molecular flexibility index (Phi) is 5.30. The summed E-state index contributed by atoms with van der Waals surface area (Å²) in [5.41, 5.74) is 6.49. The van der Waals surface area contributed by atoms with Crippen LogP contribution in [0.1, 0.15) is 30.9 Å². The molecule has 0 aliphatic carbocycles. The summed E-state index contributed by atoms with van der Waals surface area (Å²) in [4.78, 5) is 0. The fourth-order valence-electron chi connectivity index (χ4n) is 2.10. The van der Waals surface area contributed by atoms with E-state index in [2.05, 4.69) is 0 Å². The number of halogens is 6. The Balaban J connectivity index is 2.89. The Morgan fingerprint density at radius 1 is 0.905 bits per heavy atom. The van der Waals surface area contributed by atoms with Crippen molar-refractivity contribution in [3.8, 4) is 0 Å². The van der Waals surface area contributed by atoms with Gasteiger partial charge in [0, 0.05) is 6.04 Å². The first-order chi connectivity index (χ1) is 9.43. The van der Waals surface area contributed by atoms with E-state index < -0.39 is 30.7 Å². The molecule has 1 rings (SSSR count). The molecule has 0 fully saturated rings. The highest BCUT2D eigenvalue weighted by Gasteiger charge is 2.59. The van der Waals surface area contributed by atoms with Crippen molar-refractivity contribution in [2.75, 3.05) is 0 Å². The molecule has 0 heterocycles. The molecule has 1 aromatic carbocycles. The van der Waals surface area contributed by atoms with Gasteiger partial charge in [-0.2, -0.15) is 26.3 Å². The highest BCUT2D eigenvalue weighted by Crippen LogP contribution is 2.41. The maximum atomic E-state index is 12.5. The lowest BCUT2D eigenvalue weighted by Crippen LogP contribution is -2.49. The van der Waals surface area contributed by atoms with Crippen LogP contribution < -0.4 is 5.73 Å². The number of rotatable bonds is 4. The fraction of sp³-hybridized carbons (Fsp3) is 0.571. The van der Waals surface area contributed by atoms with Crippen molar-refractivity contribution in [3.05, 3.63) is 35.4 Å². The zero-order valence-electron chi connectivity index (χ0n) is 11.6. The predicted molar refractivity (Wildman–Crippen MR) is 67.8 cm³/mol. The van der Waals surface area contributed by atoms with E-state index in [1.54, 1.807) is 12.1 Å². The molecule has 0 aliphatic rings. The Morgan fingerprint density at radius 2 is 1.33 bits per heavy atom. The lowest BCUT2D eigenvalue weighted by molar-refractivity contribution is -0.289. The topological polar surface area (TPSA) is 26.0 Å². The van der Waals surface area contributed by atoms with Gasteiger partial charge in [-0.1, -0.05) is 38.1 Å². The molecule has 21 heavy (non-hydrogen) atoms. The predicted octanol–water partition coefficient (Wildman–Crippen LogP) is 4.42. The first-order valence-corrected chi connectivity index (χ1v) is 6.40. The lowest BCUT2D eigenvalue weighted by atomic mass is 9.92.